The van der Waals surface area contributed by atoms with E-state index in [-0.39, 0.29) is 30.7 Å². The molecule has 0 aromatic carbocycles. The number of carbonyl (C=O) groups excluding carboxylic acids is 1. The second-order valence-electron chi connectivity index (χ2n) is 6.18. The molecule has 7 heteroatoms. The summed E-state index contributed by atoms with van der Waals surface area (Å²) in [7, 11) is 0. The van der Waals surface area contributed by atoms with Crippen molar-refractivity contribution in [2.45, 2.75) is 37.6 Å². The monoisotopic (exact) mass is 360 g/mol. The summed E-state index contributed by atoms with van der Waals surface area (Å²) in [5.41, 5.74) is 5.76. The average molecular weight is 361 g/mol. The molecule has 0 bridgehead atoms. The van der Waals surface area contributed by atoms with E-state index >= 15 is 0 Å². The van der Waals surface area contributed by atoms with Gasteiger partial charge < -0.3 is 15.5 Å². The van der Waals surface area contributed by atoms with Gasteiger partial charge in [-0.05, 0) is 25.0 Å². The topological polar surface area (TPSA) is 62.5 Å². The molecule has 5 nitrogen and oxygen atoms in total. The number of aromatic nitrogens is 1. The van der Waals surface area contributed by atoms with Gasteiger partial charge in [-0.1, -0.05) is 25.3 Å². The number of nitrogens with two attached hydrogens (primary N) is 1. The van der Waals surface area contributed by atoms with E-state index in [4.69, 9.17) is 5.73 Å². The highest BCUT2D eigenvalue weighted by molar-refractivity contribution is 5.86. The van der Waals surface area contributed by atoms with Crippen LogP contribution in [0.5, 0.6) is 0 Å². The summed E-state index contributed by atoms with van der Waals surface area (Å²) in [5, 5.41) is 0. The molecule has 1 aliphatic heterocycles. The number of carbonyl (C=O) groups is 1. The van der Waals surface area contributed by atoms with Crippen LogP contribution in [0.15, 0.2) is 24.4 Å². The van der Waals surface area contributed by atoms with Gasteiger partial charge in [-0.25, -0.2) is 4.98 Å². The van der Waals surface area contributed by atoms with Crippen LogP contribution in [0.2, 0.25) is 0 Å². The fourth-order valence-corrected chi connectivity index (χ4v) is 3.39. The zero-order chi connectivity index (χ0) is 14.7. The molecule has 1 saturated heterocycles. The molecule has 2 fully saturated rings. The van der Waals surface area contributed by atoms with Crippen molar-refractivity contribution < 1.29 is 4.79 Å². The molecule has 2 aliphatic rings. The minimum atomic E-state index is -0.606. The average Bonchev–Trinajstić information content (AvgIpc) is 2.56. The molecule has 1 aromatic rings. The summed E-state index contributed by atoms with van der Waals surface area (Å²) in [6, 6.07) is 5.93. The maximum absolute atomic E-state index is 12.7. The first-order valence-electron chi connectivity index (χ1n) is 7.93. The number of nitrogens with zero attached hydrogens (tertiary/aromatic N) is 3. The summed E-state index contributed by atoms with van der Waals surface area (Å²) in [6.45, 7) is 3.15. The molecule has 130 valence electrons. The third kappa shape index (κ3) is 4.49. The van der Waals surface area contributed by atoms with Gasteiger partial charge in [-0.15, -0.1) is 24.8 Å². The number of piperazine rings is 1. The van der Waals surface area contributed by atoms with E-state index in [0.29, 0.717) is 0 Å². The summed E-state index contributed by atoms with van der Waals surface area (Å²) in [4.78, 5) is 21.2. The van der Waals surface area contributed by atoms with E-state index in [1.807, 2.05) is 29.3 Å². The van der Waals surface area contributed by atoms with Gasteiger partial charge in [0.2, 0.25) is 5.91 Å². The highest BCUT2D eigenvalue weighted by Gasteiger charge is 2.39. The summed E-state index contributed by atoms with van der Waals surface area (Å²) in [6.07, 6.45) is 6.86. The largest absolute Gasteiger partial charge is 0.353 e. The van der Waals surface area contributed by atoms with Crippen LogP contribution in [0.1, 0.15) is 32.1 Å². The molecule has 0 unspecified atom stereocenters. The number of anilines is 1. The van der Waals surface area contributed by atoms with E-state index < -0.39 is 5.54 Å². The Hall–Kier alpha value is -1.04. The van der Waals surface area contributed by atoms with Crippen LogP contribution in [0.3, 0.4) is 0 Å². The molecule has 1 aromatic heterocycles. The summed E-state index contributed by atoms with van der Waals surface area (Å²) < 4.78 is 0. The van der Waals surface area contributed by atoms with Crippen molar-refractivity contribution in [1.29, 1.82) is 0 Å². The van der Waals surface area contributed by atoms with Gasteiger partial charge in [0.05, 0.1) is 5.54 Å². The second kappa shape index (κ2) is 8.71. The van der Waals surface area contributed by atoms with Crippen LogP contribution in [0.4, 0.5) is 5.82 Å². The third-order valence-electron chi connectivity index (χ3n) is 4.71. The molecular formula is C16H26Cl2N4O. The van der Waals surface area contributed by atoms with Gasteiger partial charge in [0, 0.05) is 32.4 Å². The lowest BCUT2D eigenvalue weighted by molar-refractivity contribution is -0.138. The van der Waals surface area contributed by atoms with Gasteiger partial charge >= 0.3 is 0 Å². The Labute approximate surface area is 150 Å². The molecule has 1 amide bonds. The summed E-state index contributed by atoms with van der Waals surface area (Å²) >= 11 is 0. The molecule has 2 N–H and O–H groups in total. The molecule has 2 heterocycles. The highest BCUT2D eigenvalue weighted by Crippen LogP contribution is 2.28. The van der Waals surface area contributed by atoms with Crippen molar-refractivity contribution in [3.8, 4) is 0 Å². The number of rotatable bonds is 2. The molecule has 3 rings (SSSR count). The number of hydrogen-bond acceptors (Lipinski definition) is 4. The van der Waals surface area contributed by atoms with E-state index in [1.165, 1.54) is 6.42 Å². The quantitative estimate of drug-likeness (QED) is 0.878. The van der Waals surface area contributed by atoms with Crippen LogP contribution in [0.25, 0.3) is 0 Å². The molecule has 0 atom stereocenters. The molecule has 23 heavy (non-hydrogen) atoms. The maximum Gasteiger partial charge on any atom is 0.242 e. The van der Waals surface area contributed by atoms with Crippen molar-refractivity contribution in [3.05, 3.63) is 24.4 Å². The van der Waals surface area contributed by atoms with Crippen molar-refractivity contribution in [1.82, 2.24) is 9.88 Å². The van der Waals surface area contributed by atoms with Gasteiger partial charge in [-0.2, -0.15) is 0 Å². The number of pyridine rings is 1. The standard InChI is InChI=1S/C16H24N4O.2ClH/c17-16(7-3-1-4-8-16)15(21)20-12-10-19(11-13-20)14-6-2-5-9-18-14;;/h2,5-6,9H,1,3-4,7-8,10-13,17H2;2*1H. The highest BCUT2D eigenvalue weighted by atomic mass is 35.5. The zero-order valence-corrected chi connectivity index (χ0v) is 15.0. The van der Waals surface area contributed by atoms with Gasteiger partial charge in [0.25, 0.3) is 0 Å². The minimum absolute atomic E-state index is 0. The maximum atomic E-state index is 12.7. The van der Waals surface area contributed by atoms with E-state index in [2.05, 4.69) is 9.88 Å². The smallest absolute Gasteiger partial charge is 0.242 e. The molecule has 1 aliphatic carbocycles. The fourth-order valence-electron chi connectivity index (χ4n) is 3.39. The van der Waals surface area contributed by atoms with Crippen LogP contribution in [-0.2, 0) is 4.79 Å². The molecule has 0 spiro atoms. The second-order valence-corrected chi connectivity index (χ2v) is 6.18. The first-order valence-corrected chi connectivity index (χ1v) is 7.93. The molecule has 1 saturated carbocycles. The zero-order valence-electron chi connectivity index (χ0n) is 13.3. The van der Waals surface area contributed by atoms with Crippen molar-refractivity contribution >= 4 is 36.5 Å². The normalized spacial score (nSPS) is 20.2. The lowest BCUT2D eigenvalue weighted by atomic mass is 9.81. The first-order chi connectivity index (χ1) is 10.2. The SMILES string of the molecule is Cl.Cl.NC1(C(=O)N2CCN(c3ccccn3)CC2)CCCCC1. The Balaban J connectivity index is 0.00000132. The number of hydrogen-bond donors (Lipinski definition) is 1. The molecular weight excluding hydrogens is 335 g/mol. The van der Waals surface area contributed by atoms with Crippen molar-refractivity contribution in [2.75, 3.05) is 31.1 Å². The Morgan fingerprint density at radius 3 is 2.26 bits per heavy atom. The lowest BCUT2D eigenvalue weighted by Gasteiger charge is -2.41. The Morgan fingerprint density at radius 1 is 1.04 bits per heavy atom. The van der Waals surface area contributed by atoms with Crippen LogP contribution in [0, 0.1) is 0 Å². The van der Waals surface area contributed by atoms with Gasteiger partial charge in [-0.3, -0.25) is 4.79 Å². The molecule has 0 radical (unpaired) electrons. The third-order valence-corrected chi connectivity index (χ3v) is 4.71. The fraction of sp³-hybridized carbons (Fsp3) is 0.625. The van der Waals surface area contributed by atoms with Gasteiger partial charge in [0.15, 0.2) is 0 Å². The van der Waals surface area contributed by atoms with E-state index in [1.54, 1.807) is 0 Å². The van der Waals surface area contributed by atoms with Crippen molar-refractivity contribution in [3.63, 3.8) is 0 Å². The number of halogens is 2. The van der Waals surface area contributed by atoms with E-state index in [9.17, 15) is 4.79 Å². The number of amides is 1. The van der Waals surface area contributed by atoms with Crippen LogP contribution in [-0.4, -0.2) is 47.5 Å². The Morgan fingerprint density at radius 2 is 1.70 bits per heavy atom. The summed E-state index contributed by atoms with van der Waals surface area (Å²) in [5.74, 6) is 1.15. The van der Waals surface area contributed by atoms with Crippen LogP contribution >= 0.6 is 24.8 Å². The van der Waals surface area contributed by atoms with Gasteiger partial charge in [0.1, 0.15) is 5.82 Å². The first kappa shape index (κ1) is 20.0. The van der Waals surface area contributed by atoms with Crippen LogP contribution < -0.4 is 10.6 Å². The lowest BCUT2D eigenvalue weighted by Crippen LogP contribution is -2.60. The van der Waals surface area contributed by atoms with E-state index in [0.717, 1.165) is 57.7 Å². The Bertz CT molecular complexity index is 486. The Kier molecular flexibility index (Phi) is 7.58. The predicted octanol–water partition coefficient (Wildman–Crippen LogP) is 2.24. The van der Waals surface area contributed by atoms with Crippen molar-refractivity contribution in [2.24, 2.45) is 5.73 Å². The minimum Gasteiger partial charge on any atom is -0.353 e. The predicted molar refractivity (Wildman–Crippen MR) is 97.5 cm³/mol.